The first kappa shape index (κ1) is 27.5. The number of alkyl halides is 3. The molecule has 200 valence electrons. The smallest absolute Gasteiger partial charge is 0.366 e. The van der Waals surface area contributed by atoms with E-state index in [1.54, 1.807) is 23.8 Å². The van der Waals surface area contributed by atoms with Crippen molar-refractivity contribution in [3.05, 3.63) is 70.8 Å². The molecule has 4 aromatic rings. The maximum Gasteiger partial charge on any atom is 0.404 e. The Balaban J connectivity index is 1.98. The van der Waals surface area contributed by atoms with Crippen molar-refractivity contribution in [3.63, 3.8) is 0 Å². The molecule has 0 fully saturated rings. The van der Waals surface area contributed by atoms with Crippen LogP contribution in [0.15, 0.2) is 53.7 Å². The van der Waals surface area contributed by atoms with Crippen molar-refractivity contribution in [1.29, 1.82) is 0 Å². The van der Waals surface area contributed by atoms with Crippen LogP contribution in [0.25, 0.3) is 28.1 Å². The van der Waals surface area contributed by atoms with Crippen LogP contribution in [0, 0.1) is 5.82 Å². The summed E-state index contributed by atoms with van der Waals surface area (Å²) in [5.41, 5.74) is 6.30. The standard InChI is InChI=1S/C24H20ClF4N5O3S/c1-3-13-9-19-15(10-17(13)26)20(22(30)35)21(34(19)23-16(25)5-4-8-31-23)18-7-6-14(11-32-18)38(36,37)33-12(2)24(27,28)29/h4-12,33H,3H2,1-2H3,(H2,30,35)/t12-/m0/s1. The quantitative estimate of drug-likeness (QED) is 0.311. The molecule has 0 saturated heterocycles. The number of aryl methyl sites for hydroxylation is 1. The number of carbonyl (C=O) groups is 1. The van der Waals surface area contributed by atoms with E-state index in [1.165, 1.54) is 22.9 Å². The first-order chi connectivity index (χ1) is 17.8. The lowest BCUT2D eigenvalue weighted by Gasteiger charge is -2.17. The highest BCUT2D eigenvalue weighted by Gasteiger charge is 2.39. The Kier molecular flexibility index (Phi) is 7.21. The van der Waals surface area contributed by atoms with E-state index in [-0.39, 0.29) is 33.2 Å². The van der Waals surface area contributed by atoms with Crippen molar-refractivity contribution in [2.24, 2.45) is 5.73 Å². The minimum absolute atomic E-state index is 0.0120. The highest BCUT2D eigenvalue weighted by atomic mass is 35.5. The molecule has 8 nitrogen and oxygen atoms in total. The monoisotopic (exact) mass is 569 g/mol. The van der Waals surface area contributed by atoms with E-state index in [1.807, 2.05) is 0 Å². The third-order valence-electron chi connectivity index (χ3n) is 5.83. The number of pyridine rings is 2. The van der Waals surface area contributed by atoms with Crippen LogP contribution in [0.5, 0.6) is 0 Å². The lowest BCUT2D eigenvalue weighted by Crippen LogP contribution is -2.42. The van der Waals surface area contributed by atoms with Gasteiger partial charge in [-0.15, -0.1) is 0 Å². The fraction of sp³-hybridized carbons (Fsp3) is 0.208. The van der Waals surface area contributed by atoms with Crippen molar-refractivity contribution < 1.29 is 30.8 Å². The number of primary amides is 1. The molecule has 0 aliphatic carbocycles. The summed E-state index contributed by atoms with van der Waals surface area (Å²) in [4.78, 5) is 20.5. The van der Waals surface area contributed by atoms with E-state index in [2.05, 4.69) is 9.97 Å². The Morgan fingerprint density at radius 3 is 2.47 bits per heavy atom. The largest absolute Gasteiger partial charge is 0.404 e. The molecular weight excluding hydrogens is 550 g/mol. The van der Waals surface area contributed by atoms with Crippen LogP contribution in [0.2, 0.25) is 5.02 Å². The van der Waals surface area contributed by atoms with Crippen molar-refractivity contribution in [2.75, 3.05) is 0 Å². The first-order valence-corrected chi connectivity index (χ1v) is 12.9. The molecule has 0 aliphatic heterocycles. The first-order valence-electron chi connectivity index (χ1n) is 11.1. The number of sulfonamides is 1. The van der Waals surface area contributed by atoms with Crippen LogP contribution in [0.3, 0.4) is 0 Å². The van der Waals surface area contributed by atoms with Crippen LogP contribution in [-0.2, 0) is 16.4 Å². The summed E-state index contributed by atoms with van der Waals surface area (Å²) in [6, 6.07) is 5.68. The second kappa shape index (κ2) is 9.97. The fourth-order valence-corrected chi connectivity index (χ4v) is 5.30. The molecule has 1 aromatic carbocycles. The van der Waals surface area contributed by atoms with E-state index in [0.717, 1.165) is 18.3 Å². The van der Waals surface area contributed by atoms with Gasteiger partial charge in [-0.25, -0.2) is 17.8 Å². The number of nitrogens with two attached hydrogens (primary N) is 1. The van der Waals surface area contributed by atoms with Gasteiger partial charge in [0.15, 0.2) is 5.82 Å². The molecule has 1 amide bonds. The van der Waals surface area contributed by atoms with E-state index >= 15 is 0 Å². The average molecular weight is 570 g/mol. The maximum atomic E-state index is 14.8. The molecule has 0 unspecified atom stereocenters. The molecular formula is C24H20ClF4N5O3S. The van der Waals surface area contributed by atoms with Crippen LogP contribution < -0.4 is 10.5 Å². The number of halogens is 5. The number of hydrogen-bond donors (Lipinski definition) is 2. The van der Waals surface area contributed by atoms with Crippen LogP contribution in [0.1, 0.15) is 29.8 Å². The molecule has 4 rings (SSSR count). The van der Waals surface area contributed by atoms with Crippen LogP contribution in [0.4, 0.5) is 17.6 Å². The Labute approximate surface area is 219 Å². The summed E-state index contributed by atoms with van der Waals surface area (Å²) >= 11 is 6.41. The second-order valence-corrected chi connectivity index (χ2v) is 10.4. The Morgan fingerprint density at radius 1 is 1.21 bits per heavy atom. The summed E-state index contributed by atoms with van der Waals surface area (Å²) in [6.45, 7) is 2.41. The van der Waals surface area contributed by atoms with Crippen LogP contribution >= 0.6 is 11.6 Å². The zero-order chi connectivity index (χ0) is 28.0. The summed E-state index contributed by atoms with van der Waals surface area (Å²) in [7, 11) is -4.59. The van der Waals surface area contributed by atoms with E-state index in [4.69, 9.17) is 17.3 Å². The van der Waals surface area contributed by atoms with Crippen molar-refractivity contribution in [1.82, 2.24) is 19.3 Å². The number of aromatic nitrogens is 3. The summed E-state index contributed by atoms with van der Waals surface area (Å²) in [5.74, 6) is -1.34. The van der Waals surface area contributed by atoms with Gasteiger partial charge >= 0.3 is 6.18 Å². The minimum atomic E-state index is -4.80. The number of rotatable bonds is 7. The summed E-state index contributed by atoms with van der Waals surface area (Å²) in [6.07, 6.45) is -2.18. The molecule has 14 heteroatoms. The molecule has 0 aliphatic rings. The molecule has 0 radical (unpaired) electrons. The van der Waals surface area contributed by atoms with Gasteiger partial charge in [-0.05, 0) is 55.3 Å². The predicted molar refractivity (Wildman–Crippen MR) is 133 cm³/mol. The van der Waals surface area contributed by atoms with Crippen molar-refractivity contribution in [3.8, 4) is 17.2 Å². The van der Waals surface area contributed by atoms with Gasteiger partial charge in [-0.3, -0.25) is 14.3 Å². The Morgan fingerprint density at radius 2 is 1.92 bits per heavy atom. The highest BCUT2D eigenvalue weighted by molar-refractivity contribution is 7.89. The van der Waals surface area contributed by atoms with E-state index in [0.29, 0.717) is 24.4 Å². The SMILES string of the molecule is CCc1cc2c(cc1F)c(C(N)=O)c(-c1ccc(S(=O)(=O)N[C@@H](C)C(F)(F)F)cn1)n2-c1ncccc1Cl. The molecule has 3 heterocycles. The number of fused-ring (bicyclic) bond motifs is 1. The third-order valence-corrected chi connectivity index (χ3v) is 7.65. The third kappa shape index (κ3) is 4.96. The number of hydrogen-bond acceptors (Lipinski definition) is 5. The molecule has 3 N–H and O–H groups in total. The average Bonchev–Trinajstić information content (AvgIpc) is 3.17. The molecule has 1 atom stereocenters. The maximum absolute atomic E-state index is 14.8. The lowest BCUT2D eigenvalue weighted by molar-refractivity contribution is -0.147. The van der Waals surface area contributed by atoms with Gasteiger partial charge in [0.05, 0.1) is 27.5 Å². The molecule has 0 bridgehead atoms. The lowest BCUT2D eigenvalue weighted by atomic mass is 10.0. The minimum Gasteiger partial charge on any atom is -0.366 e. The van der Waals surface area contributed by atoms with Crippen molar-refractivity contribution in [2.45, 2.75) is 37.4 Å². The van der Waals surface area contributed by atoms with Gasteiger partial charge in [-0.1, -0.05) is 18.5 Å². The summed E-state index contributed by atoms with van der Waals surface area (Å²) < 4.78 is 81.4. The van der Waals surface area contributed by atoms with Gasteiger partial charge in [0.2, 0.25) is 10.0 Å². The van der Waals surface area contributed by atoms with Gasteiger partial charge in [0.1, 0.15) is 16.8 Å². The van der Waals surface area contributed by atoms with Gasteiger partial charge in [0.25, 0.3) is 5.91 Å². The van der Waals surface area contributed by atoms with Crippen LogP contribution in [-0.4, -0.2) is 41.1 Å². The van der Waals surface area contributed by atoms with Crippen molar-refractivity contribution >= 4 is 38.4 Å². The number of nitrogens with zero attached hydrogens (tertiary/aromatic N) is 3. The molecule has 0 saturated carbocycles. The molecule has 3 aromatic heterocycles. The fourth-order valence-electron chi connectivity index (χ4n) is 3.92. The zero-order valence-corrected chi connectivity index (χ0v) is 21.4. The predicted octanol–water partition coefficient (Wildman–Crippen LogP) is 4.77. The van der Waals surface area contributed by atoms with Gasteiger partial charge in [0, 0.05) is 17.8 Å². The highest BCUT2D eigenvalue weighted by Crippen LogP contribution is 2.38. The number of amides is 1. The summed E-state index contributed by atoms with van der Waals surface area (Å²) in [5, 5.41) is 0.316. The molecule has 0 spiro atoms. The number of carbonyl (C=O) groups excluding carboxylic acids is 1. The second-order valence-electron chi connectivity index (χ2n) is 8.31. The Bertz CT molecular complexity index is 1650. The van der Waals surface area contributed by atoms with Gasteiger partial charge < -0.3 is 5.73 Å². The zero-order valence-electron chi connectivity index (χ0n) is 19.8. The van der Waals surface area contributed by atoms with E-state index < -0.39 is 38.9 Å². The Hall–Kier alpha value is -3.55. The molecule has 38 heavy (non-hydrogen) atoms. The van der Waals surface area contributed by atoms with E-state index in [9.17, 15) is 30.8 Å². The number of nitrogens with one attached hydrogen (secondary N) is 1. The normalized spacial score (nSPS) is 13.1. The topological polar surface area (TPSA) is 120 Å². The van der Waals surface area contributed by atoms with Gasteiger partial charge in [-0.2, -0.15) is 17.9 Å². The number of benzene rings is 1.